The average Bonchev–Trinajstić information content (AvgIpc) is 3.09. The standard InChI is InChI=1S/C23H28F3N3O/c1-16(2)28-22(30)21-12-20(15-29(21)14-17-7-4-3-5-8-17)27-13-18-9-6-10-19(11-18)23(24,25)26/h3-11,16,20-21,27H,12-15H2,1-2H3,(H,28,30)/t20-,21+/m1/s1. The minimum absolute atomic E-state index is 0.00991. The second kappa shape index (κ2) is 9.62. The van der Waals surface area contributed by atoms with Gasteiger partial charge in [-0.1, -0.05) is 48.5 Å². The number of halogens is 3. The first kappa shape index (κ1) is 22.3. The second-order valence-electron chi connectivity index (χ2n) is 8.11. The summed E-state index contributed by atoms with van der Waals surface area (Å²) in [6.07, 6.45) is -3.74. The number of hydrogen-bond acceptors (Lipinski definition) is 3. The molecule has 4 nitrogen and oxygen atoms in total. The summed E-state index contributed by atoms with van der Waals surface area (Å²) in [7, 11) is 0. The molecule has 0 bridgehead atoms. The van der Waals surface area contributed by atoms with Gasteiger partial charge in [0.2, 0.25) is 5.91 Å². The third kappa shape index (κ3) is 6.06. The molecule has 2 atom stereocenters. The van der Waals surface area contributed by atoms with Crippen LogP contribution in [0.25, 0.3) is 0 Å². The van der Waals surface area contributed by atoms with Crippen LogP contribution < -0.4 is 10.6 Å². The number of nitrogens with one attached hydrogen (secondary N) is 2. The van der Waals surface area contributed by atoms with Crippen molar-refractivity contribution in [3.63, 3.8) is 0 Å². The number of likely N-dealkylation sites (tertiary alicyclic amines) is 1. The topological polar surface area (TPSA) is 44.4 Å². The maximum atomic E-state index is 12.9. The summed E-state index contributed by atoms with van der Waals surface area (Å²) in [6, 6.07) is 15.1. The predicted molar refractivity (Wildman–Crippen MR) is 111 cm³/mol. The molecule has 1 amide bonds. The van der Waals surface area contributed by atoms with Crippen molar-refractivity contribution in [1.29, 1.82) is 0 Å². The first-order valence-corrected chi connectivity index (χ1v) is 10.2. The first-order chi connectivity index (χ1) is 14.2. The summed E-state index contributed by atoms with van der Waals surface area (Å²) < 4.78 is 38.8. The number of rotatable bonds is 7. The van der Waals surface area contributed by atoms with Crippen molar-refractivity contribution in [1.82, 2.24) is 15.5 Å². The number of carbonyl (C=O) groups is 1. The molecule has 0 unspecified atom stereocenters. The van der Waals surface area contributed by atoms with Gasteiger partial charge in [0.15, 0.2) is 0 Å². The van der Waals surface area contributed by atoms with Gasteiger partial charge in [-0.05, 0) is 37.5 Å². The quantitative estimate of drug-likeness (QED) is 0.714. The molecule has 2 aromatic carbocycles. The van der Waals surface area contributed by atoms with E-state index in [0.717, 1.165) is 11.6 Å². The first-order valence-electron chi connectivity index (χ1n) is 10.2. The summed E-state index contributed by atoms with van der Waals surface area (Å²) in [5, 5.41) is 6.33. The number of hydrogen-bond donors (Lipinski definition) is 2. The maximum absolute atomic E-state index is 12.9. The van der Waals surface area contributed by atoms with Crippen molar-refractivity contribution in [2.75, 3.05) is 6.54 Å². The lowest BCUT2D eigenvalue weighted by Gasteiger charge is -2.24. The number of amides is 1. The van der Waals surface area contributed by atoms with Gasteiger partial charge in [-0.3, -0.25) is 9.69 Å². The highest BCUT2D eigenvalue weighted by Gasteiger charge is 2.36. The fourth-order valence-corrected chi connectivity index (χ4v) is 3.82. The van der Waals surface area contributed by atoms with Crippen molar-refractivity contribution < 1.29 is 18.0 Å². The molecule has 7 heteroatoms. The molecule has 2 aromatic rings. The largest absolute Gasteiger partial charge is 0.416 e. The Hall–Kier alpha value is -2.38. The Bertz CT molecular complexity index is 839. The molecule has 0 spiro atoms. The number of alkyl halides is 3. The van der Waals surface area contributed by atoms with E-state index >= 15 is 0 Å². The van der Waals surface area contributed by atoms with E-state index in [4.69, 9.17) is 0 Å². The van der Waals surface area contributed by atoms with Gasteiger partial charge in [0.1, 0.15) is 0 Å². The van der Waals surface area contributed by atoms with Crippen LogP contribution in [0.15, 0.2) is 54.6 Å². The monoisotopic (exact) mass is 419 g/mol. The van der Waals surface area contributed by atoms with Crippen LogP contribution in [0.1, 0.15) is 37.0 Å². The molecule has 1 saturated heterocycles. The molecule has 0 aromatic heterocycles. The fraction of sp³-hybridized carbons (Fsp3) is 0.435. The Morgan fingerprint density at radius 3 is 2.47 bits per heavy atom. The molecule has 1 aliphatic rings. The fourth-order valence-electron chi connectivity index (χ4n) is 3.82. The molecule has 3 rings (SSSR count). The zero-order chi connectivity index (χ0) is 21.7. The minimum atomic E-state index is -4.35. The van der Waals surface area contributed by atoms with Gasteiger partial charge in [0.25, 0.3) is 0 Å². The van der Waals surface area contributed by atoms with Gasteiger partial charge in [-0.2, -0.15) is 13.2 Å². The Labute approximate surface area is 175 Å². The van der Waals surface area contributed by atoms with Gasteiger partial charge in [-0.15, -0.1) is 0 Å². The summed E-state index contributed by atoms with van der Waals surface area (Å²) in [4.78, 5) is 14.9. The Morgan fingerprint density at radius 2 is 1.80 bits per heavy atom. The average molecular weight is 419 g/mol. The van der Waals surface area contributed by atoms with E-state index in [0.29, 0.717) is 31.6 Å². The minimum Gasteiger partial charge on any atom is -0.353 e. The smallest absolute Gasteiger partial charge is 0.353 e. The lowest BCUT2D eigenvalue weighted by molar-refractivity contribution is -0.137. The van der Waals surface area contributed by atoms with E-state index in [1.807, 2.05) is 44.2 Å². The van der Waals surface area contributed by atoms with Crippen LogP contribution in [0.2, 0.25) is 0 Å². The third-order valence-electron chi connectivity index (χ3n) is 5.21. The highest BCUT2D eigenvalue weighted by molar-refractivity contribution is 5.82. The van der Waals surface area contributed by atoms with Gasteiger partial charge < -0.3 is 10.6 Å². The van der Waals surface area contributed by atoms with E-state index in [9.17, 15) is 18.0 Å². The van der Waals surface area contributed by atoms with Crippen molar-refractivity contribution in [2.24, 2.45) is 0 Å². The van der Waals surface area contributed by atoms with Crippen LogP contribution in [0.3, 0.4) is 0 Å². The normalized spacial score (nSPS) is 19.9. The van der Waals surface area contributed by atoms with Crippen molar-refractivity contribution >= 4 is 5.91 Å². The second-order valence-corrected chi connectivity index (χ2v) is 8.11. The van der Waals surface area contributed by atoms with E-state index in [-0.39, 0.29) is 24.0 Å². The van der Waals surface area contributed by atoms with E-state index in [1.165, 1.54) is 12.1 Å². The molecule has 1 aliphatic heterocycles. The van der Waals surface area contributed by atoms with Crippen molar-refractivity contribution in [2.45, 2.75) is 57.7 Å². The number of carbonyl (C=O) groups excluding carboxylic acids is 1. The van der Waals surface area contributed by atoms with E-state index < -0.39 is 11.7 Å². The summed E-state index contributed by atoms with van der Waals surface area (Å²) in [5.41, 5.74) is 1.06. The summed E-state index contributed by atoms with van der Waals surface area (Å²) in [5.74, 6) is -0.00991. The van der Waals surface area contributed by atoms with Crippen LogP contribution in [0.5, 0.6) is 0 Å². The maximum Gasteiger partial charge on any atom is 0.416 e. The van der Waals surface area contributed by atoms with Crippen LogP contribution in [-0.2, 0) is 24.1 Å². The Morgan fingerprint density at radius 1 is 1.10 bits per heavy atom. The molecule has 0 radical (unpaired) electrons. The molecule has 30 heavy (non-hydrogen) atoms. The molecule has 162 valence electrons. The van der Waals surface area contributed by atoms with E-state index in [1.54, 1.807) is 6.07 Å². The van der Waals surface area contributed by atoms with Crippen LogP contribution in [-0.4, -0.2) is 35.5 Å². The molecular formula is C23H28F3N3O. The summed E-state index contributed by atoms with van der Waals surface area (Å²) in [6.45, 7) is 5.49. The zero-order valence-electron chi connectivity index (χ0n) is 17.2. The van der Waals surface area contributed by atoms with Crippen molar-refractivity contribution in [3.05, 3.63) is 71.3 Å². The highest BCUT2D eigenvalue weighted by Crippen LogP contribution is 2.29. The Balaban J connectivity index is 1.66. The molecule has 1 fully saturated rings. The van der Waals surface area contributed by atoms with Gasteiger partial charge in [-0.25, -0.2) is 0 Å². The summed E-state index contributed by atoms with van der Waals surface area (Å²) >= 11 is 0. The van der Waals surface area contributed by atoms with Crippen LogP contribution in [0, 0.1) is 0 Å². The number of nitrogens with zero attached hydrogens (tertiary/aromatic N) is 1. The highest BCUT2D eigenvalue weighted by atomic mass is 19.4. The molecular weight excluding hydrogens is 391 g/mol. The lowest BCUT2D eigenvalue weighted by Crippen LogP contribution is -2.45. The molecule has 0 saturated carbocycles. The molecule has 2 N–H and O–H groups in total. The number of benzene rings is 2. The van der Waals surface area contributed by atoms with Crippen LogP contribution in [0.4, 0.5) is 13.2 Å². The van der Waals surface area contributed by atoms with Gasteiger partial charge in [0, 0.05) is 31.7 Å². The van der Waals surface area contributed by atoms with Gasteiger partial charge in [0.05, 0.1) is 11.6 Å². The predicted octanol–water partition coefficient (Wildman–Crippen LogP) is 3.96. The van der Waals surface area contributed by atoms with Gasteiger partial charge >= 0.3 is 6.18 Å². The Kier molecular flexibility index (Phi) is 7.15. The van der Waals surface area contributed by atoms with Crippen molar-refractivity contribution in [3.8, 4) is 0 Å². The van der Waals surface area contributed by atoms with E-state index in [2.05, 4.69) is 15.5 Å². The molecule has 1 heterocycles. The molecule has 0 aliphatic carbocycles. The lowest BCUT2D eigenvalue weighted by atomic mass is 10.1. The third-order valence-corrected chi connectivity index (χ3v) is 5.21. The SMILES string of the molecule is CC(C)NC(=O)[C@@H]1C[C@@H](NCc2cccc(C(F)(F)F)c2)CN1Cc1ccccc1. The van der Waals surface area contributed by atoms with Crippen LogP contribution >= 0.6 is 0 Å². The zero-order valence-corrected chi connectivity index (χ0v) is 17.2.